The molecule has 0 aliphatic rings. The molecule has 0 saturated carbocycles. The van der Waals surface area contributed by atoms with Crippen molar-refractivity contribution in [2.45, 2.75) is 39.2 Å². The molecule has 1 heterocycles. The molecule has 0 aliphatic carbocycles. The van der Waals surface area contributed by atoms with E-state index >= 15 is 0 Å². The van der Waals surface area contributed by atoms with Crippen LogP contribution in [-0.4, -0.2) is 28.6 Å². The van der Waals surface area contributed by atoms with Crippen LogP contribution in [0.4, 0.5) is 0 Å². The van der Waals surface area contributed by atoms with Crippen LogP contribution in [0, 0.1) is 6.92 Å². The zero-order valence-corrected chi connectivity index (χ0v) is 13.8. The standard InChI is InChI=1S/C17H22N2O2S/c1-12(4-3-9-20)18-17(21)10-14-5-7-15(8-6-14)16-11-22-13(2)19-16/h5-8,11-12,20H,3-4,9-10H2,1-2H3,(H,18,21). The number of benzene rings is 1. The van der Waals surface area contributed by atoms with Crippen molar-refractivity contribution >= 4 is 17.2 Å². The third-order valence-corrected chi connectivity index (χ3v) is 4.21. The Morgan fingerprint density at radius 3 is 2.68 bits per heavy atom. The fraction of sp³-hybridized carbons (Fsp3) is 0.412. The number of aryl methyl sites for hydroxylation is 1. The minimum Gasteiger partial charge on any atom is -0.396 e. The molecule has 0 aliphatic heterocycles. The van der Waals surface area contributed by atoms with Crippen molar-refractivity contribution in [3.05, 3.63) is 40.2 Å². The van der Waals surface area contributed by atoms with E-state index in [1.54, 1.807) is 11.3 Å². The Kier molecular flexibility index (Phi) is 6.10. The van der Waals surface area contributed by atoms with E-state index in [0.717, 1.165) is 28.2 Å². The summed E-state index contributed by atoms with van der Waals surface area (Å²) in [5.74, 6) is 0.0164. The van der Waals surface area contributed by atoms with E-state index in [0.29, 0.717) is 12.8 Å². The average molecular weight is 318 g/mol. The summed E-state index contributed by atoms with van der Waals surface area (Å²) in [7, 11) is 0. The van der Waals surface area contributed by atoms with Crippen LogP contribution in [0.5, 0.6) is 0 Å². The van der Waals surface area contributed by atoms with Gasteiger partial charge < -0.3 is 10.4 Å². The van der Waals surface area contributed by atoms with Gasteiger partial charge in [0.25, 0.3) is 0 Å². The normalized spacial score (nSPS) is 12.1. The van der Waals surface area contributed by atoms with E-state index in [9.17, 15) is 4.79 Å². The van der Waals surface area contributed by atoms with Crippen LogP contribution < -0.4 is 5.32 Å². The summed E-state index contributed by atoms with van der Waals surface area (Å²) < 4.78 is 0. The number of rotatable bonds is 7. The predicted molar refractivity (Wildman–Crippen MR) is 89.9 cm³/mol. The fourth-order valence-electron chi connectivity index (χ4n) is 2.27. The lowest BCUT2D eigenvalue weighted by atomic mass is 10.1. The number of aromatic nitrogens is 1. The van der Waals surface area contributed by atoms with Gasteiger partial charge >= 0.3 is 0 Å². The third kappa shape index (κ3) is 4.93. The first-order valence-electron chi connectivity index (χ1n) is 7.50. The van der Waals surface area contributed by atoms with Crippen molar-refractivity contribution in [2.24, 2.45) is 0 Å². The van der Waals surface area contributed by atoms with Gasteiger partial charge in [0.05, 0.1) is 17.1 Å². The Balaban J connectivity index is 1.89. The van der Waals surface area contributed by atoms with Crippen LogP contribution in [0.25, 0.3) is 11.3 Å². The molecule has 0 spiro atoms. The number of thiazole rings is 1. The van der Waals surface area contributed by atoms with Gasteiger partial charge in [-0.2, -0.15) is 0 Å². The van der Waals surface area contributed by atoms with E-state index in [2.05, 4.69) is 10.3 Å². The van der Waals surface area contributed by atoms with Crippen molar-refractivity contribution in [3.8, 4) is 11.3 Å². The van der Waals surface area contributed by atoms with E-state index in [1.165, 1.54) is 0 Å². The molecule has 2 rings (SSSR count). The summed E-state index contributed by atoms with van der Waals surface area (Å²) in [4.78, 5) is 16.4. The first kappa shape index (κ1) is 16.6. The van der Waals surface area contributed by atoms with Gasteiger partial charge in [-0.25, -0.2) is 4.98 Å². The number of nitrogens with one attached hydrogen (secondary N) is 1. The maximum atomic E-state index is 12.0. The first-order chi connectivity index (χ1) is 10.6. The van der Waals surface area contributed by atoms with Gasteiger partial charge in [0, 0.05) is 23.6 Å². The SMILES string of the molecule is Cc1nc(-c2ccc(CC(=O)NC(C)CCCO)cc2)cs1. The van der Waals surface area contributed by atoms with Gasteiger partial charge in [-0.3, -0.25) is 4.79 Å². The summed E-state index contributed by atoms with van der Waals surface area (Å²) in [5, 5.41) is 14.8. The first-order valence-corrected chi connectivity index (χ1v) is 8.38. The highest BCUT2D eigenvalue weighted by Gasteiger charge is 2.08. The molecule has 2 N–H and O–H groups in total. The lowest BCUT2D eigenvalue weighted by molar-refractivity contribution is -0.121. The van der Waals surface area contributed by atoms with Crippen molar-refractivity contribution in [2.75, 3.05) is 6.61 Å². The molecule has 2 aromatic rings. The van der Waals surface area contributed by atoms with Crippen LogP contribution in [0.15, 0.2) is 29.6 Å². The molecule has 22 heavy (non-hydrogen) atoms. The van der Waals surface area contributed by atoms with E-state index < -0.39 is 0 Å². The highest BCUT2D eigenvalue weighted by Crippen LogP contribution is 2.21. The van der Waals surface area contributed by atoms with Gasteiger partial charge in [-0.15, -0.1) is 11.3 Å². The Morgan fingerprint density at radius 1 is 1.36 bits per heavy atom. The highest BCUT2D eigenvalue weighted by molar-refractivity contribution is 7.09. The number of amides is 1. The number of aliphatic hydroxyl groups is 1. The Hall–Kier alpha value is -1.72. The predicted octanol–water partition coefficient (Wildman–Crippen LogP) is 2.94. The zero-order chi connectivity index (χ0) is 15.9. The average Bonchev–Trinajstić information content (AvgIpc) is 2.92. The molecule has 1 aromatic carbocycles. The molecule has 0 bridgehead atoms. The summed E-state index contributed by atoms with van der Waals surface area (Å²) in [6.07, 6.45) is 1.88. The number of carbonyl (C=O) groups is 1. The number of nitrogens with zero attached hydrogens (tertiary/aromatic N) is 1. The van der Waals surface area contributed by atoms with Crippen molar-refractivity contribution in [1.29, 1.82) is 0 Å². The molecular formula is C17H22N2O2S. The molecule has 118 valence electrons. The topological polar surface area (TPSA) is 62.2 Å². The molecule has 0 saturated heterocycles. The lowest BCUT2D eigenvalue weighted by Gasteiger charge is -2.13. The van der Waals surface area contributed by atoms with Gasteiger partial charge in [0.1, 0.15) is 0 Å². The summed E-state index contributed by atoms with van der Waals surface area (Å²) in [5.41, 5.74) is 3.04. The van der Waals surface area contributed by atoms with Crippen LogP contribution >= 0.6 is 11.3 Å². The molecule has 1 aromatic heterocycles. The molecule has 0 fully saturated rings. The maximum absolute atomic E-state index is 12.0. The second kappa shape index (κ2) is 8.06. The van der Waals surface area contributed by atoms with Crippen molar-refractivity contribution in [3.63, 3.8) is 0 Å². The third-order valence-electron chi connectivity index (χ3n) is 3.44. The fourth-order valence-corrected chi connectivity index (χ4v) is 2.89. The summed E-state index contributed by atoms with van der Waals surface area (Å²) in [6.45, 7) is 4.11. The molecule has 0 radical (unpaired) electrons. The highest BCUT2D eigenvalue weighted by atomic mass is 32.1. The Morgan fingerprint density at radius 2 is 2.09 bits per heavy atom. The monoisotopic (exact) mass is 318 g/mol. The molecule has 1 atom stereocenters. The van der Waals surface area contributed by atoms with E-state index in [1.807, 2.05) is 43.5 Å². The minimum atomic E-state index is 0.0164. The van der Waals surface area contributed by atoms with Gasteiger partial charge in [-0.1, -0.05) is 24.3 Å². The second-order valence-electron chi connectivity index (χ2n) is 5.46. The van der Waals surface area contributed by atoms with Gasteiger partial charge in [-0.05, 0) is 32.3 Å². The van der Waals surface area contributed by atoms with E-state index in [4.69, 9.17) is 5.11 Å². The number of aliphatic hydroxyl groups excluding tert-OH is 1. The number of carbonyl (C=O) groups excluding carboxylic acids is 1. The molecule has 1 unspecified atom stereocenters. The second-order valence-corrected chi connectivity index (χ2v) is 6.52. The molecule has 1 amide bonds. The van der Waals surface area contributed by atoms with Crippen molar-refractivity contribution < 1.29 is 9.90 Å². The van der Waals surface area contributed by atoms with Crippen LogP contribution in [-0.2, 0) is 11.2 Å². The van der Waals surface area contributed by atoms with Crippen LogP contribution in [0.3, 0.4) is 0 Å². The Labute approximate surface area is 135 Å². The smallest absolute Gasteiger partial charge is 0.224 e. The maximum Gasteiger partial charge on any atom is 0.224 e. The van der Waals surface area contributed by atoms with Gasteiger partial charge in [0.2, 0.25) is 5.91 Å². The largest absolute Gasteiger partial charge is 0.396 e. The number of hydrogen-bond donors (Lipinski definition) is 2. The van der Waals surface area contributed by atoms with Gasteiger partial charge in [0.15, 0.2) is 0 Å². The molecule has 4 nitrogen and oxygen atoms in total. The Bertz CT molecular complexity index is 607. The molecular weight excluding hydrogens is 296 g/mol. The number of hydrogen-bond acceptors (Lipinski definition) is 4. The summed E-state index contributed by atoms with van der Waals surface area (Å²) >= 11 is 1.63. The van der Waals surface area contributed by atoms with Crippen LogP contribution in [0.1, 0.15) is 30.3 Å². The summed E-state index contributed by atoms with van der Waals surface area (Å²) in [6, 6.07) is 8.06. The quantitative estimate of drug-likeness (QED) is 0.825. The van der Waals surface area contributed by atoms with Crippen LogP contribution in [0.2, 0.25) is 0 Å². The minimum absolute atomic E-state index is 0.0164. The van der Waals surface area contributed by atoms with E-state index in [-0.39, 0.29) is 18.6 Å². The lowest BCUT2D eigenvalue weighted by Crippen LogP contribution is -2.33. The molecule has 5 heteroatoms. The zero-order valence-electron chi connectivity index (χ0n) is 13.0. The van der Waals surface area contributed by atoms with Crippen molar-refractivity contribution in [1.82, 2.24) is 10.3 Å².